The molecular formula is C21H17ClN2OS. The Morgan fingerprint density at radius 3 is 2.62 bits per heavy atom. The zero-order valence-electron chi connectivity index (χ0n) is 14.5. The summed E-state index contributed by atoms with van der Waals surface area (Å²) in [4.78, 5) is 22.4. The zero-order chi connectivity index (χ0) is 18.3. The number of aromatic nitrogens is 2. The topological polar surface area (TPSA) is 45.8 Å². The standard InChI is InChI=1S/C21H17ClN2OS/c1-12-10-15(8-9-16(12)22)18-13(2)26-21-19(18)20(25)23-17(24-21)11-14-6-4-3-5-7-14/h3-10H,11H2,1-2H3,(H,23,24,25). The molecule has 0 aliphatic carbocycles. The van der Waals surface area contributed by atoms with Crippen LogP contribution >= 0.6 is 22.9 Å². The van der Waals surface area contributed by atoms with E-state index in [1.807, 2.05) is 62.4 Å². The average molecular weight is 381 g/mol. The Labute approximate surface area is 160 Å². The molecule has 130 valence electrons. The summed E-state index contributed by atoms with van der Waals surface area (Å²) in [5, 5.41) is 1.38. The molecule has 3 nitrogen and oxygen atoms in total. The van der Waals surface area contributed by atoms with Gasteiger partial charge in [0.05, 0.1) is 5.39 Å². The molecule has 2 heterocycles. The van der Waals surface area contributed by atoms with Crippen LogP contribution < -0.4 is 5.56 Å². The smallest absolute Gasteiger partial charge is 0.260 e. The molecule has 26 heavy (non-hydrogen) atoms. The van der Waals surface area contributed by atoms with E-state index in [-0.39, 0.29) is 5.56 Å². The number of hydrogen-bond donors (Lipinski definition) is 1. The summed E-state index contributed by atoms with van der Waals surface area (Å²) in [6.45, 7) is 4.00. The van der Waals surface area contributed by atoms with Crippen LogP contribution in [0.3, 0.4) is 0 Å². The van der Waals surface area contributed by atoms with Crippen molar-refractivity contribution in [1.82, 2.24) is 9.97 Å². The summed E-state index contributed by atoms with van der Waals surface area (Å²) in [7, 11) is 0. The maximum absolute atomic E-state index is 12.8. The number of thiophene rings is 1. The van der Waals surface area contributed by atoms with Gasteiger partial charge >= 0.3 is 0 Å². The summed E-state index contributed by atoms with van der Waals surface area (Å²) in [6.07, 6.45) is 0.609. The normalized spacial score (nSPS) is 11.2. The Hall–Kier alpha value is -2.43. The van der Waals surface area contributed by atoms with Crippen LogP contribution in [-0.2, 0) is 6.42 Å². The Bertz CT molecular complexity index is 1160. The van der Waals surface area contributed by atoms with Gasteiger partial charge in [0.25, 0.3) is 5.56 Å². The lowest BCUT2D eigenvalue weighted by Crippen LogP contribution is -2.11. The highest BCUT2D eigenvalue weighted by Crippen LogP contribution is 2.36. The Kier molecular flexibility index (Phi) is 4.39. The number of fused-ring (bicyclic) bond motifs is 1. The van der Waals surface area contributed by atoms with E-state index in [9.17, 15) is 4.79 Å². The molecule has 0 unspecified atom stereocenters. The summed E-state index contributed by atoms with van der Waals surface area (Å²) < 4.78 is 0. The number of nitrogens with one attached hydrogen (secondary N) is 1. The number of halogens is 1. The van der Waals surface area contributed by atoms with Gasteiger partial charge in [0, 0.05) is 21.9 Å². The van der Waals surface area contributed by atoms with E-state index in [0.717, 1.165) is 37.0 Å². The van der Waals surface area contributed by atoms with Gasteiger partial charge in [-0.2, -0.15) is 0 Å². The van der Waals surface area contributed by atoms with Crippen LogP contribution in [0, 0.1) is 13.8 Å². The van der Waals surface area contributed by atoms with Gasteiger partial charge in [-0.15, -0.1) is 11.3 Å². The molecule has 0 saturated carbocycles. The van der Waals surface area contributed by atoms with Crippen molar-refractivity contribution < 1.29 is 0 Å². The third-order valence-electron chi connectivity index (χ3n) is 4.45. The molecule has 0 spiro atoms. The number of rotatable bonds is 3. The first kappa shape index (κ1) is 17.0. The van der Waals surface area contributed by atoms with Crippen LogP contribution in [-0.4, -0.2) is 9.97 Å². The highest BCUT2D eigenvalue weighted by molar-refractivity contribution is 7.19. The molecule has 0 aliphatic heterocycles. The van der Waals surface area contributed by atoms with Crippen LogP contribution in [0.15, 0.2) is 53.3 Å². The lowest BCUT2D eigenvalue weighted by molar-refractivity contribution is 0.977. The fourth-order valence-corrected chi connectivity index (χ4v) is 4.37. The second kappa shape index (κ2) is 6.71. The molecule has 2 aromatic heterocycles. The summed E-state index contributed by atoms with van der Waals surface area (Å²) in [6, 6.07) is 15.9. The molecule has 2 aromatic carbocycles. The van der Waals surface area contributed by atoms with Crippen molar-refractivity contribution >= 4 is 33.2 Å². The van der Waals surface area contributed by atoms with Gasteiger partial charge in [0.1, 0.15) is 10.7 Å². The van der Waals surface area contributed by atoms with E-state index in [2.05, 4.69) is 4.98 Å². The number of H-pyrrole nitrogens is 1. The lowest BCUT2D eigenvalue weighted by atomic mass is 10.0. The molecule has 0 bridgehead atoms. The summed E-state index contributed by atoms with van der Waals surface area (Å²) >= 11 is 7.71. The Morgan fingerprint density at radius 2 is 1.88 bits per heavy atom. The quantitative estimate of drug-likeness (QED) is 0.509. The van der Waals surface area contributed by atoms with Gasteiger partial charge in [-0.3, -0.25) is 4.79 Å². The fourth-order valence-electron chi connectivity index (χ4n) is 3.18. The maximum Gasteiger partial charge on any atom is 0.260 e. The first-order chi connectivity index (χ1) is 12.5. The molecule has 1 N–H and O–H groups in total. The third-order valence-corrected chi connectivity index (χ3v) is 5.87. The van der Waals surface area contributed by atoms with Gasteiger partial charge in [-0.25, -0.2) is 4.98 Å². The maximum atomic E-state index is 12.8. The first-order valence-corrected chi connectivity index (χ1v) is 9.55. The summed E-state index contributed by atoms with van der Waals surface area (Å²) in [5.74, 6) is 0.689. The Morgan fingerprint density at radius 1 is 1.12 bits per heavy atom. The van der Waals surface area contributed by atoms with Gasteiger partial charge in [-0.05, 0) is 42.7 Å². The van der Waals surface area contributed by atoms with E-state index < -0.39 is 0 Å². The van der Waals surface area contributed by atoms with E-state index >= 15 is 0 Å². The predicted molar refractivity (Wildman–Crippen MR) is 109 cm³/mol. The molecule has 0 radical (unpaired) electrons. The van der Waals surface area contributed by atoms with E-state index in [0.29, 0.717) is 17.6 Å². The van der Waals surface area contributed by atoms with E-state index in [1.54, 1.807) is 11.3 Å². The van der Waals surface area contributed by atoms with Crippen LogP contribution in [0.4, 0.5) is 0 Å². The van der Waals surface area contributed by atoms with Crippen molar-refractivity contribution in [2.75, 3.05) is 0 Å². The third kappa shape index (κ3) is 3.06. The van der Waals surface area contributed by atoms with Gasteiger partial charge in [0.15, 0.2) is 0 Å². The van der Waals surface area contributed by atoms with Crippen LogP contribution in [0.2, 0.25) is 5.02 Å². The van der Waals surface area contributed by atoms with Gasteiger partial charge in [-0.1, -0.05) is 48.0 Å². The monoisotopic (exact) mass is 380 g/mol. The second-order valence-electron chi connectivity index (χ2n) is 6.35. The van der Waals surface area contributed by atoms with Crippen molar-refractivity contribution in [3.05, 3.63) is 85.7 Å². The second-order valence-corrected chi connectivity index (χ2v) is 7.96. The zero-order valence-corrected chi connectivity index (χ0v) is 16.0. The van der Waals surface area contributed by atoms with Crippen LogP contribution in [0.1, 0.15) is 21.8 Å². The highest BCUT2D eigenvalue weighted by Gasteiger charge is 2.17. The van der Waals surface area contributed by atoms with E-state index in [1.165, 1.54) is 0 Å². The number of benzene rings is 2. The number of aryl methyl sites for hydroxylation is 2. The average Bonchev–Trinajstić information content (AvgIpc) is 2.95. The molecule has 4 rings (SSSR count). The molecule has 0 atom stereocenters. The van der Waals surface area contributed by atoms with Crippen molar-refractivity contribution in [1.29, 1.82) is 0 Å². The highest BCUT2D eigenvalue weighted by atomic mass is 35.5. The molecule has 0 aliphatic rings. The molecule has 0 saturated heterocycles. The number of nitrogens with zero attached hydrogens (tertiary/aromatic N) is 1. The van der Waals surface area contributed by atoms with E-state index in [4.69, 9.17) is 16.6 Å². The molecule has 5 heteroatoms. The SMILES string of the molecule is Cc1cc(-c2c(C)sc3nc(Cc4ccccc4)[nH]c(=O)c23)ccc1Cl. The number of aromatic amines is 1. The van der Waals surface area contributed by atoms with Gasteiger partial charge in [0.2, 0.25) is 0 Å². The Balaban J connectivity index is 1.85. The van der Waals surface area contributed by atoms with Crippen molar-refractivity contribution in [2.45, 2.75) is 20.3 Å². The number of hydrogen-bond acceptors (Lipinski definition) is 3. The minimum Gasteiger partial charge on any atom is -0.310 e. The van der Waals surface area contributed by atoms with Crippen molar-refractivity contribution in [2.24, 2.45) is 0 Å². The van der Waals surface area contributed by atoms with Gasteiger partial charge < -0.3 is 4.98 Å². The summed E-state index contributed by atoms with van der Waals surface area (Å²) in [5.41, 5.74) is 3.97. The minimum absolute atomic E-state index is 0.0899. The predicted octanol–water partition coefficient (Wildman–Crippen LogP) is 5.51. The molecule has 4 aromatic rings. The van der Waals surface area contributed by atoms with Crippen molar-refractivity contribution in [3.8, 4) is 11.1 Å². The molecule has 0 fully saturated rings. The largest absolute Gasteiger partial charge is 0.310 e. The van der Waals surface area contributed by atoms with Crippen LogP contribution in [0.5, 0.6) is 0 Å². The molecular weight excluding hydrogens is 364 g/mol. The minimum atomic E-state index is -0.0899. The first-order valence-electron chi connectivity index (χ1n) is 8.35. The fraction of sp³-hybridized carbons (Fsp3) is 0.143. The van der Waals surface area contributed by atoms with Crippen LogP contribution in [0.25, 0.3) is 21.3 Å². The molecule has 0 amide bonds. The lowest BCUT2D eigenvalue weighted by Gasteiger charge is -2.05. The van der Waals surface area contributed by atoms with Crippen molar-refractivity contribution in [3.63, 3.8) is 0 Å².